The normalized spacial score (nSPS) is 16.2. The van der Waals surface area contributed by atoms with Crippen LogP contribution in [0.1, 0.15) is 34.8 Å². The Kier molecular flexibility index (Phi) is 5.86. The Morgan fingerprint density at radius 1 is 1.33 bits per heavy atom. The van der Waals surface area contributed by atoms with Crippen LogP contribution in [-0.4, -0.2) is 64.5 Å². The van der Waals surface area contributed by atoms with Gasteiger partial charge >= 0.3 is 0 Å². The summed E-state index contributed by atoms with van der Waals surface area (Å²) in [7, 11) is 3.94. The van der Waals surface area contributed by atoms with Crippen LogP contribution < -0.4 is 4.74 Å². The van der Waals surface area contributed by atoms with Gasteiger partial charge in [0.1, 0.15) is 6.61 Å². The predicted molar refractivity (Wildman–Crippen MR) is 118 cm³/mol. The maximum Gasteiger partial charge on any atom is 0.292 e. The van der Waals surface area contributed by atoms with Crippen LogP contribution >= 0.6 is 23.2 Å². The number of carbonyl (C=O) groups excluding carboxylic acids is 1. The van der Waals surface area contributed by atoms with Crippen molar-refractivity contribution in [1.82, 2.24) is 24.8 Å². The Morgan fingerprint density at radius 3 is 2.90 bits per heavy atom. The van der Waals surface area contributed by atoms with Crippen LogP contribution in [0.15, 0.2) is 24.4 Å². The Bertz CT molecular complexity index is 1100. The standard InChI is InChI=1S/C21H23Cl2N5O2/c1-12-17-13-4-5-14(22)18(23)19(13)25-15(17)7-9-28(12)21(29)20-24-8-6-16(26-20)30-11-10-27(2)3/h4-6,8,12,25H,7,9-11H2,1-3H3/t12-/m0/s1. The van der Waals surface area contributed by atoms with E-state index in [2.05, 4.69) is 15.0 Å². The molecule has 2 aromatic heterocycles. The highest BCUT2D eigenvalue weighted by Gasteiger charge is 2.33. The Morgan fingerprint density at radius 2 is 2.13 bits per heavy atom. The van der Waals surface area contributed by atoms with Crippen molar-refractivity contribution in [3.63, 3.8) is 0 Å². The number of amides is 1. The molecule has 3 aromatic rings. The van der Waals surface area contributed by atoms with Crippen molar-refractivity contribution in [3.05, 3.63) is 51.5 Å². The van der Waals surface area contributed by atoms with Crippen molar-refractivity contribution in [3.8, 4) is 5.88 Å². The Hall–Kier alpha value is -2.35. The van der Waals surface area contributed by atoms with Crippen molar-refractivity contribution < 1.29 is 9.53 Å². The van der Waals surface area contributed by atoms with Crippen molar-refractivity contribution >= 4 is 40.0 Å². The summed E-state index contributed by atoms with van der Waals surface area (Å²) >= 11 is 12.6. The molecule has 0 fully saturated rings. The molecule has 158 valence electrons. The molecule has 1 aromatic carbocycles. The van der Waals surface area contributed by atoms with Gasteiger partial charge in [0.15, 0.2) is 0 Å². The SMILES string of the molecule is C[C@H]1c2c([nH]c3c(Cl)c(Cl)ccc23)CCN1C(=O)c1nccc(OCCN(C)C)n1. The van der Waals surface area contributed by atoms with Crippen LogP contribution in [0.5, 0.6) is 5.88 Å². The minimum absolute atomic E-state index is 0.133. The molecule has 0 unspecified atom stereocenters. The zero-order chi connectivity index (χ0) is 21.4. The minimum atomic E-state index is -0.222. The quantitative estimate of drug-likeness (QED) is 0.640. The zero-order valence-corrected chi connectivity index (χ0v) is 18.6. The van der Waals surface area contributed by atoms with E-state index in [4.69, 9.17) is 27.9 Å². The fraction of sp³-hybridized carbons (Fsp3) is 0.381. The molecule has 30 heavy (non-hydrogen) atoms. The first-order chi connectivity index (χ1) is 14.4. The van der Waals surface area contributed by atoms with E-state index in [1.165, 1.54) is 0 Å². The Balaban J connectivity index is 1.59. The van der Waals surface area contributed by atoms with Gasteiger partial charge in [-0.2, -0.15) is 4.98 Å². The molecule has 0 radical (unpaired) electrons. The lowest BCUT2D eigenvalue weighted by molar-refractivity contribution is 0.0664. The molecule has 0 saturated carbocycles. The first-order valence-electron chi connectivity index (χ1n) is 9.76. The molecular weight excluding hydrogens is 425 g/mol. The van der Waals surface area contributed by atoms with Gasteiger partial charge in [0.2, 0.25) is 11.7 Å². The molecule has 1 aliphatic rings. The topological polar surface area (TPSA) is 74.3 Å². The number of benzene rings is 1. The van der Waals surface area contributed by atoms with Crippen LogP contribution in [0, 0.1) is 0 Å². The van der Waals surface area contributed by atoms with Crippen molar-refractivity contribution in [2.45, 2.75) is 19.4 Å². The third kappa shape index (κ3) is 3.85. The van der Waals surface area contributed by atoms with Gasteiger partial charge in [-0.3, -0.25) is 4.79 Å². The van der Waals surface area contributed by atoms with E-state index in [1.807, 2.05) is 32.0 Å². The van der Waals surface area contributed by atoms with E-state index < -0.39 is 0 Å². The minimum Gasteiger partial charge on any atom is -0.476 e. The summed E-state index contributed by atoms with van der Waals surface area (Å²) in [5.74, 6) is 0.309. The van der Waals surface area contributed by atoms with Gasteiger partial charge in [0.05, 0.1) is 21.6 Å². The summed E-state index contributed by atoms with van der Waals surface area (Å²) in [6.45, 7) is 3.80. The molecule has 0 bridgehead atoms. The smallest absolute Gasteiger partial charge is 0.292 e. The van der Waals surface area contributed by atoms with Crippen molar-refractivity contribution in [2.75, 3.05) is 33.8 Å². The second kappa shape index (κ2) is 8.41. The lowest BCUT2D eigenvalue weighted by Crippen LogP contribution is -2.39. The second-order valence-corrected chi connectivity index (χ2v) is 8.38. The summed E-state index contributed by atoms with van der Waals surface area (Å²) < 4.78 is 5.65. The van der Waals surface area contributed by atoms with Crippen molar-refractivity contribution in [2.24, 2.45) is 0 Å². The average Bonchev–Trinajstić information content (AvgIpc) is 3.11. The van der Waals surface area contributed by atoms with E-state index in [0.29, 0.717) is 35.5 Å². The summed E-state index contributed by atoms with van der Waals surface area (Å²) in [4.78, 5) is 28.9. The van der Waals surface area contributed by atoms with E-state index in [-0.39, 0.29) is 17.8 Å². The summed E-state index contributed by atoms with van der Waals surface area (Å²) in [5, 5.41) is 1.98. The maximum atomic E-state index is 13.2. The lowest BCUT2D eigenvalue weighted by atomic mass is 9.97. The van der Waals surface area contributed by atoms with Crippen LogP contribution in [0.25, 0.3) is 10.9 Å². The van der Waals surface area contributed by atoms with E-state index in [1.54, 1.807) is 23.2 Å². The van der Waals surface area contributed by atoms with Gasteiger partial charge in [0.25, 0.3) is 5.91 Å². The third-order valence-electron chi connectivity index (χ3n) is 5.34. The second-order valence-electron chi connectivity index (χ2n) is 7.60. The van der Waals surface area contributed by atoms with E-state index in [0.717, 1.165) is 28.7 Å². The fourth-order valence-electron chi connectivity index (χ4n) is 3.80. The number of fused-ring (bicyclic) bond motifs is 3. The maximum absolute atomic E-state index is 13.2. The number of aromatic nitrogens is 3. The highest BCUT2D eigenvalue weighted by atomic mass is 35.5. The third-order valence-corrected chi connectivity index (χ3v) is 6.15. The summed E-state index contributed by atoms with van der Waals surface area (Å²) in [6, 6.07) is 5.23. The monoisotopic (exact) mass is 447 g/mol. The highest BCUT2D eigenvalue weighted by molar-refractivity contribution is 6.45. The predicted octanol–water partition coefficient (Wildman–Crippen LogP) is 3.96. The van der Waals surface area contributed by atoms with Gasteiger partial charge in [-0.1, -0.05) is 29.3 Å². The number of aromatic amines is 1. The lowest BCUT2D eigenvalue weighted by Gasteiger charge is -2.33. The van der Waals surface area contributed by atoms with Gasteiger partial charge in [-0.25, -0.2) is 4.98 Å². The van der Waals surface area contributed by atoms with Crippen molar-refractivity contribution in [1.29, 1.82) is 0 Å². The summed E-state index contributed by atoms with van der Waals surface area (Å²) in [5.41, 5.74) is 2.94. The van der Waals surface area contributed by atoms with Crippen LogP contribution in [-0.2, 0) is 6.42 Å². The molecule has 1 amide bonds. The molecule has 1 aliphatic heterocycles. The number of nitrogens with zero attached hydrogens (tertiary/aromatic N) is 4. The largest absolute Gasteiger partial charge is 0.476 e. The molecule has 1 N–H and O–H groups in total. The van der Waals surface area contributed by atoms with Gasteiger partial charge in [-0.05, 0) is 27.1 Å². The van der Waals surface area contributed by atoms with E-state index >= 15 is 0 Å². The number of hydrogen-bond acceptors (Lipinski definition) is 5. The van der Waals surface area contributed by atoms with Crippen LogP contribution in [0.3, 0.4) is 0 Å². The molecule has 9 heteroatoms. The van der Waals surface area contributed by atoms with Crippen LogP contribution in [0.4, 0.5) is 0 Å². The molecule has 4 rings (SSSR count). The molecule has 0 aliphatic carbocycles. The first kappa shape index (κ1) is 20.9. The number of hydrogen-bond donors (Lipinski definition) is 1. The summed E-state index contributed by atoms with van der Waals surface area (Å²) in [6.07, 6.45) is 2.24. The molecule has 0 spiro atoms. The zero-order valence-electron chi connectivity index (χ0n) is 17.1. The van der Waals surface area contributed by atoms with Gasteiger partial charge < -0.3 is 19.5 Å². The number of H-pyrrole nitrogens is 1. The number of carbonyl (C=O) groups is 1. The average molecular weight is 448 g/mol. The number of ether oxygens (including phenoxy) is 1. The van der Waals surface area contributed by atoms with E-state index in [9.17, 15) is 4.79 Å². The fourth-order valence-corrected chi connectivity index (χ4v) is 4.17. The number of halogens is 2. The number of likely N-dealkylation sites (N-methyl/N-ethyl adjacent to an activating group) is 1. The van der Waals surface area contributed by atoms with Gasteiger partial charge in [-0.15, -0.1) is 0 Å². The first-order valence-corrected chi connectivity index (χ1v) is 10.5. The highest BCUT2D eigenvalue weighted by Crippen LogP contribution is 2.40. The molecule has 0 saturated heterocycles. The molecular formula is C21H23Cl2N5O2. The molecule has 1 atom stereocenters. The molecule has 7 nitrogen and oxygen atoms in total. The number of nitrogens with one attached hydrogen (secondary N) is 1. The Labute approximate surface area is 184 Å². The number of rotatable bonds is 5. The van der Waals surface area contributed by atoms with Gasteiger partial charge in [0, 0.05) is 48.4 Å². The van der Waals surface area contributed by atoms with Crippen LogP contribution in [0.2, 0.25) is 10.0 Å². The molecule has 3 heterocycles.